The highest BCUT2D eigenvalue weighted by atomic mass is 16.7. The van der Waals surface area contributed by atoms with Crippen LogP contribution in [0.15, 0.2) is 24.3 Å². The van der Waals surface area contributed by atoms with Crippen molar-refractivity contribution in [3.8, 4) is 5.75 Å². The Morgan fingerprint density at radius 1 is 1.22 bits per heavy atom. The fraction of sp³-hybridized carbons (Fsp3) is 0.333. The van der Waals surface area contributed by atoms with Crippen LogP contribution in [0.4, 0.5) is 5.69 Å². The van der Waals surface area contributed by atoms with Gasteiger partial charge in [0.05, 0.1) is 6.61 Å². The highest BCUT2D eigenvalue weighted by molar-refractivity contribution is 5.92. The molecule has 6 nitrogen and oxygen atoms in total. The Bertz CT molecular complexity index is 426. The van der Waals surface area contributed by atoms with Crippen LogP contribution in [0.25, 0.3) is 0 Å². The van der Waals surface area contributed by atoms with Crippen molar-refractivity contribution in [1.29, 1.82) is 0 Å². The summed E-state index contributed by atoms with van der Waals surface area (Å²) >= 11 is 0. The Balaban J connectivity index is 1.96. The minimum Gasteiger partial charge on any atom is -0.494 e. The van der Waals surface area contributed by atoms with E-state index in [0.717, 1.165) is 5.75 Å². The number of benzene rings is 1. The largest absolute Gasteiger partial charge is 0.494 e. The fourth-order valence-corrected chi connectivity index (χ4v) is 1.47. The SMILES string of the molecule is CCOc1ccc(NC2OC(=O)CC(=O)O2)cc1. The third kappa shape index (κ3) is 3.13. The average Bonchev–Trinajstić information content (AvgIpc) is 2.31. The quantitative estimate of drug-likeness (QED) is 0.641. The molecule has 96 valence electrons. The number of hydrogen-bond donors (Lipinski definition) is 1. The molecule has 0 amide bonds. The molecule has 0 atom stereocenters. The third-order valence-electron chi connectivity index (χ3n) is 2.22. The molecule has 1 aromatic carbocycles. The molecule has 1 N–H and O–H groups in total. The monoisotopic (exact) mass is 251 g/mol. The molecular weight excluding hydrogens is 238 g/mol. The molecule has 0 aromatic heterocycles. The van der Waals surface area contributed by atoms with Gasteiger partial charge in [0.1, 0.15) is 12.2 Å². The van der Waals surface area contributed by atoms with Crippen LogP contribution >= 0.6 is 0 Å². The Morgan fingerprint density at radius 3 is 2.39 bits per heavy atom. The topological polar surface area (TPSA) is 73.9 Å². The van der Waals surface area contributed by atoms with Crippen molar-refractivity contribution in [3.05, 3.63) is 24.3 Å². The zero-order chi connectivity index (χ0) is 13.0. The molecular formula is C12H13NO5. The Labute approximate surface area is 104 Å². The lowest BCUT2D eigenvalue weighted by Crippen LogP contribution is -2.37. The van der Waals surface area contributed by atoms with Gasteiger partial charge >= 0.3 is 18.4 Å². The van der Waals surface area contributed by atoms with Crippen molar-refractivity contribution in [1.82, 2.24) is 0 Å². The number of rotatable bonds is 4. The smallest absolute Gasteiger partial charge is 0.329 e. The van der Waals surface area contributed by atoms with Crippen molar-refractivity contribution >= 4 is 17.6 Å². The molecule has 0 spiro atoms. The van der Waals surface area contributed by atoms with Crippen LogP contribution in [0.2, 0.25) is 0 Å². The number of carbonyl (C=O) groups excluding carboxylic acids is 2. The van der Waals surface area contributed by atoms with E-state index >= 15 is 0 Å². The van der Waals surface area contributed by atoms with E-state index in [2.05, 4.69) is 5.32 Å². The van der Waals surface area contributed by atoms with E-state index in [4.69, 9.17) is 14.2 Å². The fourth-order valence-electron chi connectivity index (χ4n) is 1.47. The van der Waals surface area contributed by atoms with E-state index in [9.17, 15) is 9.59 Å². The second-order valence-electron chi connectivity index (χ2n) is 3.59. The molecule has 0 unspecified atom stereocenters. The molecule has 0 aliphatic carbocycles. The summed E-state index contributed by atoms with van der Waals surface area (Å²) in [5.74, 6) is -0.468. The minimum absolute atomic E-state index is 0.346. The van der Waals surface area contributed by atoms with Crippen molar-refractivity contribution < 1.29 is 23.8 Å². The lowest BCUT2D eigenvalue weighted by Gasteiger charge is -2.23. The number of anilines is 1. The maximum absolute atomic E-state index is 11.0. The van der Waals surface area contributed by atoms with Crippen LogP contribution in [0.3, 0.4) is 0 Å². The Hall–Kier alpha value is -2.24. The summed E-state index contributed by atoms with van der Waals surface area (Å²) in [6, 6.07) is 7.00. The zero-order valence-electron chi connectivity index (χ0n) is 9.84. The molecule has 6 heteroatoms. The molecule has 18 heavy (non-hydrogen) atoms. The van der Waals surface area contributed by atoms with Gasteiger partial charge in [-0.1, -0.05) is 0 Å². The summed E-state index contributed by atoms with van der Waals surface area (Å²) in [6.45, 7) is 2.48. The Morgan fingerprint density at radius 2 is 1.83 bits per heavy atom. The van der Waals surface area contributed by atoms with Crippen molar-refractivity contribution in [2.75, 3.05) is 11.9 Å². The first-order valence-corrected chi connectivity index (χ1v) is 5.55. The molecule has 1 heterocycles. The van der Waals surface area contributed by atoms with Crippen LogP contribution in [0, 0.1) is 0 Å². The highest BCUT2D eigenvalue weighted by Gasteiger charge is 2.27. The maximum atomic E-state index is 11.0. The molecule has 1 fully saturated rings. The van der Waals surface area contributed by atoms with Crippen molar-refractivity contribution in [2.45, 2.75) is 19.8 Å². The van der Waals surface area contributed by atoms with E-state index in [-0.39, 0.29) is 6.42 Å². The molecule has 0 saturated carbocycles. The molecule has 1 aliphatic heterocycles. The summed E-state index contributed by atoms with van der Waals surface area (Å²) in [6.07, 6.45) is -1.42. The first-order chi connectivity index (χ1) is 8.67. The maximum Gasteiger partial charge on any atom is 0.329 e. The van der Waals surface area contributed by atoms with Crippen molar-refractivity contribution in [3.63, 3.8) is 0 Å². The number of carbonyl (C=O) groups is 2. The summed E-state index contributed by atoms with van der Waals surface area (Å²) in [4.78, 5) is 22.1. The van der Waals surface area contributed by atoms with E-state index in [1.54, 1.807) is 24.3 Å². The van der Waals surface area contributed by atoms with Crippen LogP contribution in [-0.2, 0) is 19.1 Å². The van der Waals surface area contributed by atoms with Crippen molar-refractivity contribution in [2.24, 2.45) is 0 Å². The third-order valence-corrected chi connectivity index (χ3v) is 2.22. The van der Waals surface area contributed by atoms with Gasteiger partial charge in [0, 0.05) is 5.69 Å². The molecule has 2 rings (SSSR count). The summed E-state index contributed by atoms with van der Waals surface area (Å²) in [7, 11) is 0. The summed E-state index contributed by atoms with van der Waals surface area (Å²) < 4.78 is 14.9. The predicted molar refractivity (Wildman–Crippen MR) is 61.8 cm³/mol. The molecule has 0 radical (unpaired) electrons. The van der Waals surface area contributed by atoms with Gasteiger partial charge in [0.2, 0.25) is 0 Å². The first kappa shape index (κ1) is 12.2. The normalized spacial score (nSPS) is 15.8. The average molecular weight is 251 g/mol. The second kappa shape index (κ2) is 5.39. The predicted octanol–water partition coefficient (Wildman–Crippen LogP) is 1.27. The first-order valence-electron chi connectivity index (χ1n) is 5.55. The lowest BCUT2D eigenvalue weighted by atomic mass is 10.3. The van der Waals surface area contributed by atoms with E-state index in [0.29, 0.717) is 12.3 Å². The van der Waals surface area contributed by atoms with Gasteiger partial charge in [-0.25, -0.2) is 0 Å². The van der Waals surface area contributed by atoms with Gasteiger partial charge < -0.3 is 19.5 Å². The minimum atomic E-state index is -1.07. The highest BCUT2D eigenvalue weighted by Crippen LogP contribution is 2.18. The summed E-state index contributed by atoms with van der Waals surface area (Å²) in [5.41, 5.74) is 0.658. The van der Waals surface area contributed by atoms with Crippen LogP contribution in [-0.4, -0.2) is 25.0 Å². The standard InChI is InChI=1S/C12H13NO5/c1-2-16-9-5-3-8(4-6-9)13-12-17-10(14)7-11(15)18-12/h3-6,12-13H,2,7H2,1H3. The number of cyclic esters (lactones) is 2. The van der Waals surface area contributed by atoms with E-state index in [1.807, 2.05) is 6.92 Å². The van der Waals surface area contributed by atoms with Gasteiger partial charge in [0.15, 0.2) is 0 Å². The van der Waals surface area contributed by atoms with Gasteiger partial charge in [-0.3, -0.25) is 9.59 Å². The molecule has 0 bridgehead atoms. The van der Waals surface area contributed by atoms with Gasteiger partial charge in [-0.2, -0.15) is 0 Å². The number of hydrogen-bond acceptors (Lipinski definition) is 6. The number of esters is 2. The Kier molecular flexibility index (Phi) is 3.66. The lowest BCUT2D eigenvalue weighted by molar-refractivity contribution is -0.197. The van der Waals surface area contributed by atoms with Crippen LogP contribution < -0.4 is 10.1 Å². The second-order valence-corrected chi connectivity index (χ2v) is 3.59. The number of ether oxygens (including phenoxy) is 3. The molecule has 1 aromatic rings. The summed E-state index contributed by atoms with van der Waals surface area (Å²) in [5, 5.41) is 2.77. The molecule has 1 saturated heterocycles. The van der Waals surface area contributed by atoms with Gasteiger partial charge in [-0.05, 0) is 31.2 Å². The zero-order valence-corrected chi connectivity index (χ0v) is 9.84. The van der Waals surface area contributed by atoms with Crippen LogP contribution in [0.1, 0.15) is 13.3 Å². The van der Waals surface area contributed by atoms with Gasteiger partial charge in [0.25, 0.3) is 0 Å². The number of nitrogens with one attached hydrogen (secondary N) is 1. The van der Waals surface area contributed by atoms with Gasteiger partial charge in [-0.15, -0.1) is 0 Å². The van der Waals surface area contributed by atoms with E-state index in [1.165, 1.54) is 0 Å². The molecule has 1 aliphatic rings. The van der Waals surface area contributed by atoms with E-state index < -0.39 is 18.4 Å². The van der Waals surface area contributed by atoms with Crippen LogP contribution in [0.5, 0.6) is 5.75 Å².